The molecule has 0 aliphatic rings. The van der Waals surface area contributed by atoms with E-state index in [0.29, 0.717) is 0 Å². The van der Waals surface area contributed by atoms with Crippen LogP contribution in [0, 0.1) is 6.92 Å². The van der Waals surface area contributed by atoms with Crippen LogP contribution >= 0.6 is 11.9 Å². The number of hydrogen-bond donors (Lipinski definition) is 2. The van der Waals surface area contributed by atoms with Gasteiger partial charge in [0, 0.05) is 24.0 Å². The second-order valence-electron chi connectivity index (χ2n) is 6.56. The van der Waals surface area contributed by atoms with Crippen LogP contribution in [-0.2, 0) is 0 Å². The molecule has 4 aromatic rings. The van der Waals surface area contributed by atoms with Crippen LogP contribution in [0.15, 0.2) is 41.7 Å². The topological polar surface area (TPSA) is 99.1 Å². The zero-order valence-corrected chi connectivity index (χ0v) is 18.2. The number of methoxy groups -OCH3 is 2. The number of fused-ring (bicyclic) bond motifs is 1. The summed E-state index contributed by atoms with van der Waals surface area (Å²) in [4.78, 5) is 12.6. The Morgan fingerprint density at radius 2 is 1.94 bits per heavy atom. The van der Waals surface area contributed by atoms with Gasteiger partial charge in [0.1, 0.15) is 6.61 Å². The Morgan fingerprint density at radius 1 is 1.19 bits per heavy atom. The molecular formula is C20H20F2N6O3S. The molecule has 168 valence electrons. The van der Waals surface area contributed by atoms with E-state index in [0.717, 1.165) is 27.0 Å². The molecule has 0 radical (unpaired) electrons. The molecule has 1 aromatic carbocycles. The Balaban J connectivity index is 1.60. The number of rotatable bonds is 9. The third-order valence-corrected chi connectivity index (χ3v) is 5.36. The van der Waals surface area contributed by atoms with Gasteiger partial charge in [0.2, 0.25) is 11.7 Å². The summed E-state index contributed by atoms with van der Waals surface area (Å²) in [6.45, 7) is 1.19. The van der Waals surface area contributed by atoms with Crippen LogP contribution in [0.25, 0.3) is 16.6 Å². The second-order valence-corrected chi connectivity index (χ2v) is 7.41. The number of alkyl halides is 2. The summed E-state index contributed by atoms with van der Waals surface area (Å²) in [6, 6.07) is 5.90. The van der Waals surface area contributed by atoms with Crippen LogP contribution < -0.4 is 18.9 Å². The predicted octanol–water partition coefficient (Wildman–Crippen LogP) is 4.23. The third-order valence-electron chi connectivity index (χ3n) is 4.52. The van der Waals surface area contributed by atoms with E-state index in [2.05, 4.69) is 24.8 Å². The van der Waals surface area contributed by atoms with Crippen LogP contribution in [0.5, 0.6) is 17.5 Å². The quantitative estimate of drug-likeness (QED) is 0.357. The number of aromatic nitrogens is 5. The van der Waals surface area contributed by atoms with Crippen molar-refractivity contribution in [3.05, 3.63) is 42.4 Å². The molecular weight excluding hydrogens is 442 g/mol. The number of benzene rings is 1. The summed E-state index contributed by atoms with van der Waals surface area (Å²) in [7, 11) is 2.71. The van der Waals surface area contributed by atoms with E-state index in [4.69, 9.17) is 14.2 Å². The molecule has 2 N–H and O–H groups in total. The van der Waals surface area contributed by atoms with Gasteiger partial charge < -0.3 is 19.2 Å². The number of H-pyrrole nitrogens is 1. The fourth-order valence-corrected chi connectivity index (χ4v) is 3.84. The highest BCUT2D eigenvalue weighted by atomic mass is 32.2. The van der Waals surface area contributed by atoms with E-state index in [1.807, 2.05) is 42.2 Å². The minimum atomic E-state index is -2.66. The first-order chi connectivity index (χ1) is 15.5. The molecule has 12 heteroatoms. The molecule has 0 saturated carbocycles. The SMILES string of the molecule is COc1nc(NSc2c[nH]c3c(-n4cccn4)c(C)ccc23)nc(OC)c1OCC(F)F. The van der Waals surface area contributed by atoms with Gasteiger partial charge in [-0.3, -0.25) is 4.72 Å². The highest BCUT2D eigenvalue weighted by Gasteiger charge is 2.20. The minimum Gasteiger partial charge on any atom is -0.478 e. The molecule has 0 saturated heterocycles. The molecule has 0 aliphatic heterocycles. The number of aromatic amines is 1. The lowest BCUT2D eigenvalue weighted by Crippen LogP contribution is -2.11. The molecule has 3 heterocycles. The predicted molar refractivity (Wildman–Crippen MR) is 116 cm³/mol. The van der Waals surface area contributed by atoms with Crippen molar-refractivity contribution in [2.75, 3.05) is 25.5 Å². The van der Waals surface area contributed by atoms with E-state index in [1.54, 1.807) is 6.20 Å². The molecule has 32 heavy (non-hydrogen) atoms. The third kappa shape index (κ3) is 4.26. The van der Waals surface area contributed by atoms with E-state index >= 15 is 0 Å². The molecule has 4 rings (SSSR count). The molecule has 9 nitrogen and oxygen atoms in total. The highest BCUT2D eigenvalue weighted by molar-refractivity contribution is 8.00. The summed E-state index contributed by atoms with van der Waals surface area (Å²) in [5, 5.41) is 5.32. The van der Waals surface area contributed by atoms with Gasteiger partial charge in [0.15, 0.2) is 0 Å². The second kappa shape index (κ2) is 9.30. The van der Waals surface area contributed by atoms with E-state index in [9.17, 15) is 8.78 Å². The molecule has 0 spiro atoms. The first-order valence-corrected chi connectivity index (χ1v) is 10.3. The number of anilines is 1. The average molecular weight is 462 g/mol. The van der Waals surface area contributed by atoms with E-state index < -0.39 is 13.0 Å². The molecule has 0 bridgehead atoms. The molecule has 0 aliphatic carbocycles. The normalized spacial score (nSPS) is 11.2. The van der Waals surface area contributed by atoms with Crippen molar-refractivity contribution >= 4 is 28.8 Å². The lowest BCUT2D eigenvalue weighted by molar-refractivity contribution is 0.0781. The van der Waals surface area contributed by atoms with Gasteiger partial charge in [-0.1, -0.05) is 12.1 Å². The maximum atomic E-state index is 12.5. The van der Waals surface area contributed by atoms with Crippen molar-refractivity contribution in [3.8, 4) is 23.2 Å². The summed E-state index contributed by atoms with van der Waals surface area (Å²) in [6.07, 6.45) is 2.82. The zero-order chi connectivity index (χ0) is 22.7. The van der Waals surface area contributed by atoms with Crippen molar-refractivity contribution in [2.24, 2.45) is 0 Å². The smallest absolute Gasteiger partial charge is 0.272 e. The van der Waals surface area contributed by atoms with E-state index in [-0.39, 0.29) is 23.5 Å². The Bertz CT molecular complexity index is 1190. The fraction of sp³-hybridized carbons (Fsp3) is 0.250. The largest absolute Gasteiger partial charge is 0.478 e. The highest BCUT2D eigenvalue weighted by Crippen LogP contribution is 2.37. The molecule has 0 fully saturated rings. The average Bonchev–Trinajstić information content (AvgIpc) is 3.46. The Labute approximate surface area is 186 Å². The number of ether oxygens (including phenoxy) is 3. The summed E-state index contributed by atoms with van der Waals surface area (Å²) < 4.78 is 45.4. The summed E-state index contributed by atoms with van der Waals surface area (Å²) in [5.41, 5.74) is 2.97. The molecule has 0 amide bonds. The van der Waals surface area contributed by atoms with Crippen molar-refractivity contribution in [3.63, 3.8) is 0 Å². The first kappa shape index (κ1) is 21.7. The van der Waals surface area contributed by atoms with Gasteiger partial charge in [-0.25, -0.2) is 13.5 Å². The molecule has 3 aromatic heterocycles. The van der Waals surface area contributed by atoms with Crippen molar-refractivity contribution in [2.45, 2.75) is 18.2 Å². The van der Waals surface area contributed by atoms with Crippen molar-refractivity contribution in [1.29, 1.82) is 0 Å². The first-order valence-electron chi connectivity index (χ1n) is 9.46. The van der Waals surface area contributed by atoms with Crippen LogP contribution in [0.2, 0.25) is 0 Å². The number of hydrogen-bond acceptors (Lipinski definition) is 8. The standard InChI is InChI=1S/C20H20F2N6O3S/c1-11-5-6-12-13(9-23-15(12)16(11)28-8-4-7-24-28)32-27-20-25-18(29-2)17(19(26-20)30-3)31-10-14(21)22/h4-9,14,23H,10H2,1-3H3,(H,25,26,27). The van der Waals surface area contributed by atoms with Gasteiger partial charge in [-0.2, -0.15) is 15.1 Å². The van der Waals surface area contributed by atoms with Crippen LogP contribution in [0.3, 0.4) is 0 Å². The Morgan fingerprint density at radius 3 is 2.56 bits per heavy atom. The number of nitrogens with zero attached hydrogens (tertiary/aromatic N) is 4. The van der Waals surface area contributed by atoms with Gasteiger partial charge >= 0.3 is 0 Å². The van der Waals surface area contributed by atoms with Crippen molar-refractivity contribution in [1.82, 2.24) is 24.7 Å². The molecule has 0 atom stereocenters. The van der Waals surface area contributed by atoms with Gasteiger partial charge in [0.25, 0.3) is 18.2 Å². The monoisotopic (exact) mass is 462 g/mol. The lowest BCUT2D eigenvalue weighted by atomic mass is 10.1. The Kier molecular flexibility index (Phi) is 6.30. The van der Waals surface area contributed by atoms with Gasteiger partial charge in [-0.05, 0) is 30.5 Å². The summed E-state index contributed by atoms with van der Waals surface area (Å²) >= 11 is 1.28. The maximum Gasteiger partial charge on any atom is 0.272 e. The van der Waals surface area contributed by atoms with Crippen molar-refractivity contribution < 1.29 is 23.0 Å². The van der Waals surface area contributed by atoms with Crippen LogP contribution in [-0.4, -0.2) is 52.0 Å². The summed E-state index contributed by atoms with van der Waals surface area (Å²) in [5.74, 6) is 0.0476. The minimum absolute atomic E-state index is 0.0175. The van der Waals surface area contributed by atoms with Crippen LogP contribution in [0.4, 0.5) is 14.7 Å². The lowest BCUT2D eigenvalue weighted by Gasteiger charge is -2.14. The van der Waals surface area contributed by atoms with Crippen LogP contribution in [0.1, 0.15) is 5.56 Å². The maximum absolute atomic E-state index is 12.5. The van der Waals surface area contributed by atoms with Gasteiger partial charge in [0.05, 0.1) is 30.3 Å². The number of halogens is 2. The molecule has 0 unspecified atom stereocenters. The zero-order valence-electron chi connectivity index (χ0n) is 17.4. The van der Waals surface area contributed by atoms with Gasteiger partial charge in [-0.15, -0.1) is 0 Å². The fourth-order valence-electron chi connectivity index (χ4n) is 3.15. The number of nitrogens with one attached hydrogen (secondary N) is 2. The van der Waals surface area contributed by atoms with E-state index in [1.165, 1.54) is 26.2 Å². The Hall–Kier alpha value is -3.54. The number of aryl methyl sites for hydroxylation is 1.